The fraction of sp³-hybridized carbons (Fsp3) is 0.467. The van der Waals surface area contributed by atoms with Crippen molar-refractivity contribution in [2.75, 3.05) is 0 Å². The molecule has 0 aromatic rings. The molecule has 1 aliphatic carbocycles. The van der Waals surface area contributed by atoms with E-state index in [1.54, 1.807) is 0 Å². The van der Waals surface area contributed by atoms with Gasteiger partial charge in [-0.05, 0) is 24.0 Å². The van der Waals surface area contributed by atoms with Crippen LogP contribution in [0.4, 0.5) is 0 Å². The lowest BCUT2D eigenvalue weighted by Crippen LogP contribution is -2.26. The van der Waals surface area contributed by atoms with Crippen LogP contribution in [-0.2, 0) is 4.79 Å². The maximum atomic E-state index is 10.8. The van der Waals surface area contributed by atoms with Crippen LogP contribution in [0.5, 0.6) is 0 Å². The number of aldehydes is 1. The van der Waals surface area contributed by atoms with Crippen LogP contribution in [0.1, 0.15) is 33.6 Å². The van der Waals surface area contributed by atoms with Crippen LogP contribution >= 0.6 is 24.0 Å². The zero-order chi connectivity index (χ0) is 14.3. The first kappa shape index (κ1) is 16.2. The number of hydrogen-bond donors (Lipinski definition) is 1. The summed E-state index contributed by atoms with van der Waals surface area (Å²) in [5, 5.41) is 2.96. The van der Waals surface area contributed by atoms with Gasteiger partial charge in [-0.2, -0.15) is 0 Å². The highest BCUT2D eigenvalue weighted by Gasteiger charge is 2.24. The molecule has 0 amide bonds. The standard InChI is InChI=1S/C12H13NOS2.C3H8/c1-8-2-4-9(5-3-8)6-11-10(7-14)13-12(15)16-11;1-3-2/h2,4-8,10H,3H2,1H3,(H,13,15);3H2,1-2H3/b11-6+;. The minimum absolute atomic E-state index is 0.258. The van der Waals surface area contributed by atoms with Crippen LogP contribution in [-0.4, -0.2) is 16.6 Å². The topological polar surface area (TPSA) is 29.1 Å². The van der Waals surface area contributed by atoms with E-state index in [2.05, 4.69) is 44.3 Å². The summed E-state index contributed by atoms with van der Waals surface area (Å²) in [6.45, 7) is 6.44. The van der Waals surface area contributed by atoms with E-state index in [0.717, 1.165) is 17.6 Å². The monoisotopic (exact) mass is 295 g/mol. The van der Waals surface area contributed by atoms with Gasteiger partial charge in [0.05, 0.1) is 0 Å². The summed E-state index contributed by atoms with van der Waals surface area (Å²) < 4.78 is 0.678. The molecule has 0 saturated carbocycles. The normalized spacial score (nSPS) is 27.4. The van der Waals surface area contributed by atoms with Gasteiger partial charge in [-0.15, -0.1) is 0 Å². The number of thiocarbonyl (C=S) groups is 1. The minimum atomic E-state index is -0.258. The molecule has 2 unspecified atom stereocenters. The van der Waals surface area contributed by atoms with E-state index in [0.29, 0.717) is 10.2 Å². The number of allylic oxidation sites excluding steroid dienone is 5. The lowest BCUT2D eigenvalue weighted by atomic mass is 9.98. The summed E-state index contributed by atoms with van der Waals surface area (Å²) in [6, 6.07) is -0.258. The average molecular weight is 295 g/mol. The highest BCUT2D eigenvalue weighted by molar-refractivity contribution is 8.26. The second-order valence-corrected chi connectivity index (χ2v) is 6.43. The van der Waals surface area contributed by atoms with Gasteiger partial charge in [-0.1, -0.05) is 69.4 Å². The predicted octanol–water partition coefficient (Wildman–Crippen LogP) is 4.00. The summed E-state index contributed by atoms with van der Waals surface area (Å²) in [7, 11) is 0. The number of carbonyl (C=O) groups excluding carboxylic acids is 1. The third-order valence-electron chi connectivity index (χ3n) is 2.58. The molecule has 2 rings (SSSR count). The Morgan fingerprint density at radius 2 is 2.21 bits per heavy atom. The van der Waals surface area contributed by atoms with Gasteiger partial charge in [0.2, 0.25) is 0 Å². The second kappa shape index (κ2) is 8.33. The Morgan fingerprint density at radius 1 is 1.53 bits per heavy atom. The number of rotatable bonds is 2. The fourth-order valence-corrected chi connectivity index (χ4v) is 2.89. The van der Waals surface area contributed by atoms with E-state index in [9.17, 15) is 4.79 Å². The van der Waals surface area contributed by atoms with Gasteiger partial charge in [0.1, 0.15) is 16.6 Å². The highest BCUT2D eigenvalue weighted by Crippen LogP contribution is 2.29. The second-order valence-electron chi connectivity index (χ2n) is 4.68. The lowest BCUT2D eigenvalue weighted by molar-refractivity contribution is -0.108. The molecule has 1 heterocycles. The van der Waals surface area contributed by atoms with Crippen LogP contribution in [0.25, 0.3) is 0 Å². The molecule has 2 atom stereocenters. The quantitative estimate of drug-likeness (QED) is 0.616. The Hall–Kier alpha value is -0.870. The van der Waals surface area contributed by atoms with Crippen molar-refractivity contribution >= 4 is 34.6 Å². The third kappa shape index (κ3) is 5.33. The first-order valence-electron chi connectivity index (χ1n) is 6.64. The van der Waals surface area contributed by atoms with Crippen LogP contribution in [0, 0.1) is 5.92 Å². The van der Waals surface area contributed by atoms with Crippen LogP contribution in [0.3, 0.4) is 0 Å². The minimum Gasteiger partial charge on any atom is -0.357 e. The smallest absolute Gasteiger partial charge is 0.147 e. The Balaban J connectivity index is 0.000000550. The number of carbonyl (C=O) groups is 1. The molecule has 19 heavy (non-hydrogen) atoms. The van der Waals surface area contributed by atoms with E-state index < -0.39 is 0 Å². The maximum absolute atomic E-state index is 10.8. The SMILES string of the molecule is CC1C=CC(/C=C2/SC(=S)NC2C=O)=CC1.CCC. The molecule has 1 N–H and O–H groups in total. The Kier molecular flexibility index (Phi) is 7.10. The zero-order valence-electron chi connectivity index (χ0n) is 11.7. The van der Waals surface area contributed by atoms with Crippen molar-refractivity contribution in [3.8, 4) is 0 Å². The third-order valence-corrected chi connectivity index (χ3v) is 3.86. The predicted molar refractivity (Wildman–Crippen MR) is 88.2 cm³/mol. The molecule has 0 spiro atoms. The van der Waals surface area contributed by atoms with Crippen LogP contribution in [0.15, 0.2) is 34.8 Å². The van der Waals surface area contributed by atoms with Gasteiger partial charge >= 0.3 is 0 Å². The summed E-state index contributed by atoms with van der Waals surface area (Å²) in [4.78, 5) is 11.8. The molecule has 0 radical (unpaired) electrons. The van der Waals surface area contributed by atoms with Crippen LogP contribution in [0.2, 0.25) is 0 Å². The molecule has 2 aliphatic rings. The Labute approximate surface area is 125 Å². The fourth-order valence-electron chi connectivity index (χ4n) is 1.63. The van der Waals surface area contributed by atoms with Crippen molar-refractivity contribution in [1.82, 2.24) is 5.32 Å². The summed E-state index contributed by atoms with van der Waals surface area (Å²) in [5.41, 5.74) is 1.17. The molecule has 1 saturated heterocycles. The lowest BCUT2D eigenvalue weighted by Gasteiger charge is -2.10. The first-order chi connectivity index (χ1) is 9.10. The van der Waals surface area contributed by atoms with Gasteiger partial charge < -0.3 is 10.1 Å². The Bertz CT molecular complexity index is 424. The van der Waals surface area contributed by atoms with E-state index in [-0.39, 0.29) is 6.04 Å². The summed E-state index contributed by atoms with van der Waals surface area (Å²) in [6.07, 6.45) is 11.7. The molecule has 0 aromatic carbocycles. The van der Waals surface area contributed by atoms with Crippen molar-refractivity contribution < 1.29 is 4.79 Å². The van der Waals surface area contributed by atoms with E-state index in [1.165, 1.54) is 23.8 Å². The molecule has 4 heteroatoms. The molecule has 1 fully saturated rings. The molecule has 1 aliphatic heterocycles. The van der Waals surface area contributed by atoms with Crippen molar-refractivity contribution in [2.45, 2.75) is 39.7 Å². The average Bonchev–Trinajstić information content (AvgIpc) is 2.73. The van der Waals surface area contributed by atoms with E-state index in [1.807, 2.05) is 6.08 Å². The molecular weight excluding hydrogens is 274 g/mol. The summed E-state index contributed by atoms with van der Waals surface area (Å²) >= 11 is 6.51. The molecular formula is C15H21NOS2. The number of thioether (sulfide) groups is 1. The van der Waals surface area contributed by atoms with Gasteiger partial charge in [0, 0.05) is 4.91 Å². The zero-order valence-corrected chi connectivity index (χ0v) is 13.3. The molecule has 104 valence electrons. The largest absolute Gasteiger partial charge is 0.357 e. The van der Waals surface area contributed by atoms with E-state index in [4.69, 9.17) is 12.2 Å². The molecule has 0 bridgehead atoms. The van der Waals surface area contributed by atoms with Gasteiger partial charge in [-0.3, -0.25) is 0 Å². The van der Waals surface area contributed by atoms with Crippen molar-refractivity contribution in [3.05, 3.63) is 34.8 Å². The highest BCUT2D eigenvalue weighted by atomic mass is 32.2. The van der Waals surface area contributed by atoms with Crippen molar-refractivity contribution in [1.29, 1.82) is 0 Å². The maximum Gasteiger partial charge on any atom is 0.147 e. The molecule has 0 aromatic heterocycles. The van der Waals surface area contributed by atoms with Gasteiger partial charge in [0.25, 0.3) is 0 Å². The van der Waals surface area contributed by atoms with Crippen LogP contribution < -0.4 is 5.32 Å². The summed E-state index contributed by atoms with van der Waals surface area (Å²) in [5.74, 6) is 0.611. The Morgan fingerprint density at radius 3 is 2.74 bits per heavy atom. The van der Waals surface area contributed by atoms with E-state index >= 15 is 0 Å². The molecule has 2 nitrogen and oxygen atoms in total. The van der Waals surface area contributed by atoms with Gasteiger partial charge in [0.15, 0.2) is 0 Å². The number of nitrogens with one attached hydrogen (secondary N) is 1. The van der Waals surface area contributed by atoms with Gasteiger partial charge in [-0.25, -0.2) is 0 Å². The van der Waals surface area contributed by atoms with Crippen molar-refractivity contribution in [2.24, 2.45) is 5.92 Å². The van der Waals surface area contributed by atoms with Crippen molar-refractivity contribution in [3.63, 3.8) is 0 Å². The first-order valence-corrected chi connectivity index (χ1v) is 7.86. The number of hydrogen-bond acceptors (Lipinski definition) is 3.